The van der Waals surface area contributed by atoms with Gasteiger partial charge in [-0.15, -0.1) is 0 Å². The van der Waals surface area contributed by atoms with Crippen LogP contribution in [0.25, 0.3) is 10.9 Å². The molecule has 1 heterocycles. The van der Waals surface area contributed by atoms with Crippen molar-refractivity contribution in [3.05, 3.63) is 38.9 Å². The number of aromatic nitrogens is 1. The van der Waals surface area contributed by atoms with E-state index in [2.05, 4.69) is 9.40 Å². The molecule has 2 rings (SSSR count). The maximum Gasteiger partial charge on any atom is 0.419 e. The highest BCUT2D eigenvalue weighted by atomic mass is 19.1. The third-order valence-corrected chi connectivity index (χ3v) is 2.02. The molecule has 0 aliphatic heterocycles. The van der Waals surface area contributed by atoms with Crippen molar-refractivity contribution in [2.45, 2.75) is 6.92 Å². The van der Waals surface area contributed by atoms with E-state index in [1.54, 1.807) is 6.92 Å². The molecule has 1 aromatic heterocycles. The van der Waals surface area contributed by atoms with Crippen molar-refractivity contribution >= 4 is 10.9 Å². The Kier molecular flexibility index (Phi) is 2.47. The van der Waals surface area contributed by atoms with E-state index >= 15 is 0 Å². The Morgan fingerprint density at radius 3 is 2.88 bits per heavy atom. The minimum absolute atomic E-state index is 0.0959. The molecule has 0 saturated carbocycles. The lowest BCUT2D eigenvalue weighted by Gasteiger charge is -2.06. The second kappa shape index (κ2) is 3.80. The average Bonchev–Trinajstić information content (AvgIpc) is 2.22. The minimum atomic E-state index is -0.915. The summed E-state index contributed by atoms with van der Waals surface area (Å²) in [7, 11) is 0. The molecule has 0 amide bonds. The zero-order valence-electron chi connectivity index (χ0n) is 8.37. The second-order valence-corrected chi connectivity index (χ2v) is 3.03. The molecule has 1 N–H and O–H groups in total. The van der Waals surface area contributed by atoms with Crippen molar-refractivity contribution in [1.29, 1.82) is 0 Å². The van der Waals surface area contributed by atoms with Crippen molar-refractivity contribution < 1.29 is 13.5 Å². The molecule has 0 radical (unpaired) electrons. The molecule has 0 unspecified atom stereocenters. The summed E-state index contributed by atoms with van der Waals surface area (Å²) in [6.07, 6.45) is 0. The third kappa shape index (κ3) is 1.58. The highest BCUT2D eigenvalue weighted by Crippen LogP contribution is 2.24. The molecule has 0 fully saturated rings. The van der Waals surface area contributed by atoms with Crippen LogP contribution in [0.3, 0.4) is 0 Å². The monoisotopic (exact) mass is 225 g/mol. The predicted octanol–water partition coefficient (Wildman–Crippen LogP) is 1.02. The lowest BCUT2D eigenvalue weighted by molar-refractivity contribution is 0.324. The molecule has 2 aromatic rings. The minimum Gasteiger partial charge on any atom is -0.490 e. The Morgan fingerprint density at radius 2 is 2.19 bits per heavy atom. The molecule has 0 spiro atoms. The van der Waals surface area contributed by atoms with Crippen molar-refractivity contribution in [2.75, 3.05) is 6.61 Å². The largest absolute Gasteiger partial charge is 0.490 e. The number of hydrogen-bond acceptors (Lipinski definition) is 4. The van der Waals surface area contributed by atoms with E-state index in [-0.39, 0.29) is 23.3 Å². The molecule has 5 nitrogen and oxygen atoms in total. The van der Waals surface area contributed by atoms with Crippen LogP contribution in [0.1, 0.15) is 6.92 Å². The Morgan fingerprint density at radius 1 is 1.44 bits per heavy atom. The van der Waals surface area contributed by atoms with Gasteiger partial charge in [0.05, 0.1) is 12.1 Å². The van der Waals surface area contributed by atoms with Crippen LogP contribution in [0.2, 0.25) is 0 Å². The number of halogens is 1. The average molecular weight is 225 g/mol. The fourth-order valence-corrected chi connectivity index (χ4v) is 1.42. The van der Waals surface area contributed by atoms with Gasteiger partial charge in [-0.1, -0.05) is 0 Å². The lowest BCUT2D eigenvalue weighted by Crippen LogP contribution is -2.15. The van der Waals surface area contributed by atoms with Gasteiger partial charge in [0.1, 0.15) is 5.39 Å². The molecule has 0 atom stereocenters. The first-order valence-electron chi connectivity index (χ1n) is 4.62. The fraction of sp³-hybridized carbons (Fsp3) is 0.200. The summed E-state index contributed by atoms with van der Waals surface area (Å²) in [5.74, 6) is -1.76. The molecule has 0 saturated heterocycles. The SMILES string of the molecule is CCOc1c(F)ccc2[nH]c(=O)oc(=O)c12. The summed E-state index contributed by atoms with van der Waals surface area (Å²) in [5.41, 5.74) is -0.729. The van der Waals surface area contributed by atoms with E-state index in [1.165, 1.54) is 6.07 Å². The summed E-state index contributed by atoms with van der Waals surface area (Å²) in [4.78, 5) is 24.6. The van der Waals surface area contributed by atoms with Crippen molar-refractivity contribution in [3.63, 3.8) is 0 Å². The number of aromatic amines is 1. The normalized spacial score (nSPS) is 10.6. The van der Waals surface area contributed by atoms with Gasteiger partial charge in [0.2, 0.25) is 0 Å². The molecule has 0 bridgehead atoms. The van der Waals surface area contributed by atoms with Crippen LogP contribution < -0.4 is 16.1 Å². The fourth-order valence-electron chi connectivity index (χ4n) is 1.42. The predicted molar refractivity (Wildman–Crippen MR) is 54.2 cm³/mol. The van der Waals surface area contributed by atoms with Crippen LogP contribution in [-0.4, -0.2) is 11.6 Å². The summed E-state index contributed by atoms with van der Waals surface area (Å²) >= 11 is 0. The number of H-pyrrole nitrogens is 1. The maximum atomic E-state index is 13.4. The Hall–Kier alpha value is -2.11. The molecule has 1 aromatic carbocycles. The van der Waals surface area contributed by atoms with Gasteiger partial charge in [0.25, 0.3) is 0 Å². The van der Waals surface area contributed by atoms with Crippen LogP contribution in [0.4, 0.5) is 4.39 Å². The van der Waals surface area contributed by atoms with Crippen molar-refractivity contribution in [2.24, 2.45) is 0 Å². The van der Waals surface area contributed by atoms with E-state index in [0.29, 0.717) is 0 Å². The molecule has 84 valence electrons. The number of benzene rings is 1. The first-order chi connectivity index (χ1) is 7.63. The van der Waals surface area contributed by atoms with Gasteiger partial charge < -0.3 is 9.15 Å². The van der Waals surface area contributed by atoms with E-state index < -0.39 is 17.2 Å². The van der Waals surface area contributed by atoms with Crippen LogP contribution in [0.5, 0.6) is 5.75 Å². The summed E-state index contributed by atoms with van der Waals surface area (Å²) in [6, 6.07) is 2.40. The van der Waals surface area contributed by atoms with Gasteiger partial charge in [0.15, 0.2) is 11.6 Å². The first-order valence-corrected chi connectivity index (χ1v) is 4.62. The number of fused-ring (bicyclic) bond motifs is 1. The molecule has 0 aliphatic rings. The van der Waals surface area contributed by atoms with Gasteiger partial charge in [-0.05, 0) is 19.1 Å². The summed E-state index contributed by atoms with van der Waals surface area (Å²) in [6.45, 7) is 1.86. The Labute approximate surface area is 88.5 Å². The van der Waals surface area contributed by atoms with Gasteiger partial charge in [-0.25, -0.2) is 14.0 Å². The summed E-state index contributed by atoms with van der Waals surface area (Å²) < 4.78 is 22.7. The molecule has 6 heteroatoms. The van der Waals surface area contributed by atoms with E-state index in [1.807, 2.05) is 0 Å². The van der Waals surface area contributed by atoms with Crippen molar-refractivity contribution in [1.82, 2.24) is 4.98 Å². The Bertz CT molecular complexity index is 643. The molecule has 0 aliphatic carbocycles. The number of rotatable bonds is 2. The highest BCUT2D eigenvalue weighted by molar-refractivity contribution is 5.83. The molecular weight excluding hydrogens is 217 g/mol. The van der Waals surface area contributed by atoms with Gasteiger partial charge in [-0.2, -0.15) is 0 Å². The Balaban J connectivity index is 2.91. The first kappa shape index (κ1) is 10.4. The molecule has 16 heavy (non-hydrogen) atoms. The smallest absolute Gasteiger partial charge is 0.419 e. The maximum absolute atomic E-state index is 13.4. The van der Waals surface area contributed by atoms with Crippen LogP contribution >= 0.6 is 0 Å². The number of nitrogens with one attached hydrogen (secondary N) is 1. The van der Waals surface area contributed by atoms with Crippen molar-refractivity contribution in [3.8, 4) is 5.75 Å². The van der Waals surface area contributed by atoms with E-state index in [4.69, 9.17) is 4.74 Å². The number of ether oxygens (including phenoxy) is 1. The quantitative estimate of drug-likeness (QED) is 0.828. The molecular formula is C10H8FNO4. The summed E-state index contributed by atoms with van der Waals surface area (Å²) in [5, 5.41) is -0.0959. The zero-order chi connectivity index (χ0) is 11.7. The number of hydrogen-bond donors (Lipinski definition) is 1. The van der Waals surface area contributed by atoms with E-state index in [9.17, 15) is 14.0 Å². The van der Waals surface area contributed by atoms with Gasteiger partial charge in [-0.3, -0.25) is 4.98 Å². The standard InChI is InChI=1S/C10H8FNO4/c1-2-15-8-5(11)3-4-6-7(8)9(13)16-10(14)12-6/h3-4H,2H2,1H3,(H,12,14). The van der Waals surface area contributed by atoms with Gasteiger partial charge >= 0.3 is 11.4 Å². The zero-order valence-corrected chi connectivity index (χ0v) is 8.37. The van der Waals surface area contributed by atoms with Crippen LogP contribution in [0.15, 0.2) is 26.1 Å². The second-order valence-electron chi connectivity index (χ2n) is 3.03. The van der Waals surface area contributed by atoms with Gasteiger partial charge in [0, 0.05) is 0 Å². The van der Waals surface area contributed by atoms with Crippen LogP contribution in [0, 0.1) is 5.82 Å². The van der Waals surface area contributed by atoms with E-state index in [0.717, 1.165) is 6.07 Å². The highest BCUT2D eigenvalue weighted by Gasteiger charge is 2.14. The lowest BCUT2D eigenvalue weighted by atomic mass is 10.2. The topological polar surface area (TPSA) is 72.3 Å². The third-order valence-electron chi connectivity index (χ3n) is 2.02. The van der Waals surface area contributed by atoms with Crippen LogP contribution in [-0.2, 0) is 0 Å².